The summed E-state index contributed by atoms with van der Waals surface area (Å²) in [5, 5.41) is 11.3. The summed E-state index contributed by atoms with van der Waals surface area (Å²) in [7, 11) is 3.23. The maximum Gasteiger partial charge on any atom is 0.288 e. The Bertz CT molecular complexity index is 1230. The second-order valence-corrected chi connectivity index (χ2v) is 7.73. The number of halogens is 1. The van der Waals surface area contributed by atoms with Crippen molar-refractivity contribution in [3.8, 4) is 11.5 Å². The molecular formula is C21H21ClN4O5. The van der Waals surface area contributed by atoms with Gasteiger partial charge in [-0.25, -0.2) is 4.98 Å². The smallest absolute Gasteiger partial charge is 0.288 e. The van der Waals surface area contributed by atoms with Crippen molar-refractivity contribution in [2.45, 2.75) is 19.5 Å². The molecule has 1 aliphatic heterocycles. The molecule has 162 valence electrons. The molecule has 0 bridgehead atoms. The fraction of sp³-hybridized carbons (Fsp3) is 0.333. The third-order valence-corrected chi connectivity index (χ3v) is 5.85. The molecule has 3 aromatic rings. The summed E-state index contributed by atoms with van der Waals surface area (Å²) in [6.07, 6.45) is 2.32. The van der Waals surface area contributed by atoms with E-state index in [0.29, 0.717) is 24.4 Å². The normalized spacial score (nSPS) is 13.8. The molecule has 2 heterocycles. The topological polar surface area (TPSA) is 99.7 Å². The minimum absolute atomic E-state index is 0.0406. The molecular weight excluding hydrogens is 424 g/mol. The Balaban J connectivity index is 1.53. The van der Waals surface area contributed by atoms with E-state index in [0.717, 1.165) is 30.8 Å². The van der Waals surface area contributed by atoms with Crippen LogP contribution in [-0.2, 0) is 19.5 Å². The fourth-order valence-electron chi connectivity index (χ4n) is 3.85. The fourth-order valence-corrected chi connectivity index (χ4v) is 4.08. The van der Waals surface area contributed by atoms with Crippen LogP contribution in [0.1, 0.15) is 11.1 Å². The van der Waals surface area contributed by atoms with E-state index in [1.165, 1.54) is 28.6 Å². The maximum atomic E-state index is 12.8. The van der Waals surface area contributed by atoms with Crippen molar-refractivity contribution >= 4 is 28.2 Å². The quantitative estimate of drug-likeness (QED) is 0.425. The number of hydrogen-bond donors (Lipinski definition) is 0. The highest BCUT2D eigenvalue weighted by Crippen LogP contribution is 2.33. The number of fused-ring (bicyclic) bond motifs is 2. The van der Waals surface area contributed by atoms with Crippen molar-refractivity contribution in [2.75, 3.05) is 27.3 Å². The molecule has 0 N–H and O–H groups in total. The molecule has 0 spiro atoms. The Labute approximate surface area is 182 Å². The highest BCUT2D eigenvalue weighted by molar-refractivity contribution is 6.33. The number of aromatic nitrogens is 2. The van der Waals surface area contributed by atoms with Crippen LogP contribution >= 0.6 is 11.6 Å². The molecule has 31 heavy (non-hydrogen) atoms. The second-order valence-electron chi connectivity index (χ2n) is 7.32. The van der Waals surface area contributed by atoms with Crippen LogP contribution in [0.5, 0.6) is 11.5 Å². The molecule has 2 aromatic carbocycles. The van der Waals surface area contributed by atoms with Gasteiger partial charge in [0.2, 0.25) is 0 Å². The zero-order chi connectivity index (χ0) is 22.1. The lowest BCUT2D eigenvalue weighted by Gasteiger charge is -2.29. The lowest BCUT2D eigenvalue weighted by atomic mass is 9.99. The molecule has 1 aliphatic rings. The molecule has 4 rings (SSSR count). The summed E-state index contributed by atoms with van der Waals surface area (Å²) in [5.74, 6) is 1.41. The molecule has 9 nitrogen and oxygen atoms in total. The Kier molecular flexibility index (Phi) is 5.79. The highest BCUT2D eigenvalue weighted by atomic mass is 35.5. The molecule has 0 fully saturated rings. The molecule has 0 saturated heterocycles. The summed E-state index contributed by atoms with van der Waals surface area (Å²) in [6.45, 7) is 2.63. The number of nitro benzene ring substituents is 1. The van der Waals surface area contributed by atoms with Crippen LogP contribution in [0.4, 0.5) is 5.69 Å². The van der Waals surface area contributed by atoms with E-state index >= 15 is 0 Å². The minimum Gasteiger partial charge on any atom is -0.493 e. The van der Waals surface area contributed by atoms with Gasteiger partial charge in [-0.2, -0.15) is 0 Å². The zero-order valence-corrected chi connectivity index (χ0v) is 17.9. The number of rotatable bonds is 6. The first-order valence-corrected chi connectivity index (χ1v) is 10.1. The Morgan fingerprint density at radius 3 is 2.52 bits per heavy atom. The third-order valence-electron chi connectivity index (χ3n) is 5.54. The van der Waals surface area contributed by atoms with Crippen molar-refractivity contribution in [1.29, 1.82) is 0 Å². The van der Waals surface area contributed by atoms with Crippen molar-refractivity contribution in [1.82, 2.24) is 14.5 Å². The van der Waals surface area contributed by atoms with Gasteiger partial charge in [-0.1, -0.05) is 11.6 Å². The first-order valence-electron chi connectivity index (χ1n) is 9.70. The van der Waals surface area contributed by atoms with Gasteiger partial charge in [0.05, 0.1) is 36.4 Å². The van der Waals surface area contributed by atoms with E-state index < -0.39 is 4.92 Å². The largest absolute Gasteiger partial charge is 0.493 e. The average molecular weight is 445 g/mol. The standard InChI is InChI=1S/C21H21ClN4O5/c1-30-19-7-13-3-4-24(11-14(13)8-20(19)31-2)5-6-25-12-23-17-10-16(22)18(26(28)29)9-15(17)21(25)27/h7-10,12H,3-6,11H2,1-2H3. The van der Waals surface area contributed by atoms with E-state index in [4.69, 9.17) is 21.1 Å². The Hall–Kier alpha value is -3.17. The summed E-state index contributed by atoms with van der Waals surface area (Å²) in [6, 6.07) is 6.55. The van der Waals surface area contributed by atoms with Crippen molar-refractivity contribution in [3.05, 3.63) is 67.2 Å². The van der Waals surface area contributed by atoms with Crippen LogP contribution in [0, 0.1) is 10.1 Å². The van der Waals surface area contributed by atoms with Gasteiger partial charge >= 0.3 is 0 Å². The van der Waals surface area contributed by atoms with E-state index in [-0.39, 0.29) is 21.7 Å². The first-order chi connectivity index (χ1) is 14.9. The van der Waals surface area contributed by atoms with Gasteiger partial charge < -0.3 is 9.47 Å². The summed E-state index contributed by atoms with van der Waals surface area (Å²) in [4.78, 5) is 29.9. The van der Waals surface area contributed by atoms with Crippen molar-refractivity contribution in [2.24, 2.45) is 0 Å². The predicted octanol–water partition coefficient (Wildman–Crippen LogP) is 3.03. The predicted molar refractivity (Wildman–Crippen MR) is 116 cm³/mol. The molecule has 0 amide bonds. The van der Waals surface area contributed by atoms with Gasteiger partial charge in [-0.3, -0.25) is 24.4 Å². The van der Waals surface area contributed by atoms with Crippen molar-refractivity contribution < 1.29 is 14.4 Å². The van der Waals surface area contributed by atoms with Gasteiger partial charge in [0.15, 0.2) is 11.5 Å². The van der Waals surface area contributed by atoms with Crippen LogP contribution in [0.2, 0.25) is 5.02 Å². The first kappa shape index (κ1) is 21.1. The molecule has 1 aromatic heterocycles. The SMILES string of the molecule is COc1cc2c(cc1OC)CN(CCn1cnc3cc(Cl)c([N+](=O)[O-])cc3c1=O)CC2. The van der Waals surface area contributed by atoms with Crippen LogP contribution in [-0.4, -0.2) is 46.7 Å². The molecule has 0 atom stereocenters. The number of hydrogen-bond acceptors (Lipinski definition) is 7. The number of ether oxygens (including phenoxy) is 2. The van der Waals surface area contributed by atoms with E-state index in [1.54, 1.807) is 14.2 Å². The van der Waals surface area contributed by atoms with Gasteiger partial charge in [0.1, 0.15) is 5.02 Å². The van der Waals surface area contributed by atoms with E-state index in [2.05, 4.69) is 9.88 Å². The zero-order valence-electron chi connectivity index (χ0n) is 17.1. The minimum atomic E-state index is -0.604. The van der Waals surface area contributed by atoms with Crippen LogP contribution in [0.25, 0.3) is 10.9 Å². The molecule has 0 radical (unpaired) electrons. The van der Waals surface area contributed by atoms with Crippen LogP contribution < -0.4 is 15.0 Å². The number of benzene rings is 2. The highest BCUT2D eigenvalue weighted by Gasteiger charge is 2.20. The maximum absolute atomic E-state index is 12.8. The molecule has 0 saturated carbocycles. The van der Waals surface area contributed by atoms with E-state index in [1.807, 2.05) is 12.1 Å². The average Bonchev–Trinajstić information content (AvgIpc) is 2.77. The molecule has 10 heteroatoms. The van der Waals surface area contributed by atoms with Crippen LogP contribution in [0.15, 0.2) is 35.4 Å². The van der Waals surface area contributed by atoms with Gasteiger partial charge in [0.25, 0.3) is 11.2 Å². The Morgan fingerprint density at radius 2 is 1.84 bits per heavy atom. The van der Waals surface area contributed by atoms with Gasteiger partial charge in [-0.05, 0) is 35.7 Å². The summed E-state index contributed by atoms with van der Waals surface area (Å²) >= 11 is 5.92. The lowest BCUT2D eigenvalue weighted by molar-refractivity contribution is -0.384. The van der Waals surface area contributed by atoms with Crippen LogP contribution in [0.3, 0.4) is 0 Å². The number of nitrogens with zero attached hydrogens (tertiary/aromatic N) is 4. The Morgan fingerprint density at radius 1 is 1.13 bits per heavy atom. The third kappa shape index (κ3) is 4.06. The molecule has 0 unspecified atom stereocenters. The van der Waals surface area contributed by atoms with Gasteiger partial charge in [-0.15, -0.1) is 0 Å². The number of nitro groups is 1. The monoisotopic (exact) mass is 444 g/mol. The second kappa shape index (κ2) is 8.52. The van der Waals surface area contributed by atoms with Gasteiger partial charge in [0, 0.05) is 32.2 Å². The summed E-state index contributed by atoms with van der Waals surface area (Å²) in [5.41, 5.74) is 2.10. The summed E-state index contributed by atoms with van der Waals surface area (Å²) < 4.78 is 12.3. The molecule has 0 aliphatic carbocycles. The number of methoxy groups -OCH3 is 2. The lowest BCUT2D eigenvalue weighted by Crippen LogP contribution is -2.35. The van der Waals surface area contributed by atoms with E-state index in [9.17, 15) is 14.9 Å². The van der Waals surface area contributed by atoms with Crippen molar-refractivity contribution in [3.63, 3.8) is 0 Å².